The Bertz CT molecular complexity index is 1210. The number of rotatable bonds is 8. The third-order valence-corrected chi connectivity index (χ3v) is 7.41. The normalized spacial score (nSPS) is 14.6. The van der Waals surface area contributed by atoms with E-state index in [4.69, 9.17) is 9.47 Å². The number of benzene rings is 2. The van der Waals surface area contributed by atoms with Gasteiger partial charge in [-0.25, -0.2) is 13.4 Å². The number of piperazine rings is 1. The molecule has 34 heavy (non-hydrogen) atoms. The lowest BCUT2D eigenvalue weighted by molar-refractivity contribution is 0.340. The molecule has 10 heteroatoms. The molecular weight excluding hydrogens is 454 g/mol. The van der Waals surface area contributed by atoms with Gasteiger partial charge >= 0.3 is 0 Å². The zero-order valence-electron chi connectivity index (χ0n) is 19.6. The van der Waals surface area contributed by atoms with Crippen LogP contribution in [0.15, 0.2) is 59.5 Å². The molecule has 1 aliphatic rings. The van der Waals surface area contributed by atoms with Gasteiger partial charge in [-0.15, -0.1) is 0 Å². The largest absolute Gasteiger partial charge is 0.497 e. The highest BCUT2D eigenvalue weighted by molar-refractivity contribution is 7.89. The summed E-state index contributed by atoms with van der Waals surface area (Å²) in [5.41, 5.74) is 1.71. The Labute approximate surface area is 200 Å². The molecule has 3 aromatic rings. The summed E-state index contributed by atoms with van der Waals surface area (Å²) in [7, 11) is -1.94. The minimum absolute atomic E-state index is 0.266. The van der Waals surface area contributed by atoms with Crippen molar-refractivity contribution in [2.24, 2.45) is 0 Å². The molecule has 0 amide bonds. The van der Waals surface area contributed by atoms with Gasteiger partial charge in [-0.1, -0.05) is 0 Å². The molecule has 4 rings (SSSR count). The highest BCUT2D eigenvalue weighted by Crippen LogP contribution is 2.24. The zero-order valence-corrected chi connectivity index (χ0v) is 20.4. The number of hydrogen-bond donors (Lipinski definition) is 1. The van der Waals surface area contributed by atoms with Crippen LogP contribution in [0.5, 0.6) is 11.5 Å². The first-order chi connectivity index (χ1) is 16.4. The zero-order chi connectivity index (χ0) is 24.1. The minimum atomic E-state index is -3.57. The lowest BCUT2D eigenvalue weighted by atomic mass is 10.3. The molecule has 9 nitrogen and oxygen atoms in total. The summed E-state index contributed by atoms with van der Waals surface area (Å²) >= 11 is 0. The summed E-state index contributed by atoms with van der Waals surface area (Å²) in [5, 5.41) is 3.29. The predicted molar refractivity (Wildman–Crippen MR) is 132 cm³/mol. The topological polar surface area (TPSA) is 96.9 Å². The summed E-state index contributed by atoms with van der Waals surface area (Å²) in [4.78, 5) is 11.5. The average Bonchev–Trinajstić information content (AvgIpc) is 2.85. The first-order valence-electron chi connectivity index (χ1n) is 11.1. The third kappa shape index (κ3) is 5.40. The molecule has 0 saturated carbocycles. The average molecular weight is 484 g/mol. The van der Waals surface area contributed by atoms with Crippen molar-refractivity contribution in [1.82, 2.24) is 14.3 Å². The van der Waals surface area contributed by atoms with E-state index in [9.17, 15) is 8.42 Å². The molecule has 2 aromatic carbocycles. The molecule has 0 aliphatic carbocycles. The number of nitrogens with one attached hydrogen (secondary N) is 1. The van der Waals surface area contributed by atoms with E-state index in [-0.39, 0.29) is 4.90 Å². The molecule has 0 atom stereocenters. The molecule has 0 radical (unpaired) electrons. The maximum atomic E-state index is 13.1. The predicted octanol–water partition coefficient (Wildman–Crippen LogP) is 3.45. The van der Waals surface area contributed by atoms with Gasteiger partial charge in [-0.05, 0) is 62.4 Å². The van der Waals surface area contributed by atoms with Gasteiger partial charge in [0, 0.05) is 43.6 Å². The Morgan fingerprint density at radius 1 is 0.941 bits per heavy atom. The van der Waals surface area contributed by atoms with Crippen LogP contribution in [-0.2, 0) is 10.0 Å². The highest BCUT2D eigenvalue weighted by atomic mass is 32.2. The Balaban J connectivity index is 1.43. The van der Waals surface area contributed by atoms with Crippen LogP contribution < -0.4 is 19.7 Å². The summed E-state index contributed by atoms with van der Waals surface area (Å²) in [6.07, 6.45) is 0. The molecule has 0 bridgehead atoms. The van der Waals surface area contributed by atoms with E-state index < -0.39 is 10.0 Å². The maximum Gasteiger partial charge on any atom is 0.243 e. The molecule has 1 aromatic heterocycles. The summed E-state index contributed by atoms with van der Waals surface area (Å²) in [6.45, 7) is 6.05. The standard InChI is InChI=1S/C24H29N5O4S/c1-4-33-21-9-11-22(12-10-21)34(30,31)29-15-13-28(14-16-29)24-25-18(2)17-23(27-24)26-19-5-7-20(32-3)8-6-19/h5-12,17H,4,13-16H2,1-3H3,(H,25,26,27). The van der Waals surface area contributed by atoms with Crippen molar-refractivity contribution in [3.8, 4) is 11.5 Å². The first-order valence-corrected chi connectivity index (χ1v) is 12.6. The minimum Gasteiger partial charge on any atom is -0.497 e. The van der Waals surface area contributed by atoms with Crippen molar-refractivity contribution in [2.75, 3.05) is 50.1 Å². The SMILES string of the molecule is CCOc1ccc(S(=O)(=O)N2CCN(c3nc(C)cc(Nc4ccc(OC)cc4)n3)CC2)cc1. The van der Waals surface area contributed by atoms with Gasteiger partial charge in [0.05, 0.1) is 18.6 Å². The number of ether oxygens (including phenoxy) is 2. The molecule has 180 valence electrons. The second kappa shape index (κ2) is 10.3. The molecule has 1 N–H and O–H groups in total. The number of sulfonamides is 1. The van der Waals surface area contributed by atoms with Crippen molar-refractivity contribution in [2.45, 2.75) is 18.7 Å². The Kier molecular flexibility index (Phi) is 7.18. The smallest absolute Gasteiger partial charge is 0.243 e. The van der Waals surface area contributed by atoms with Crippen molar-refractivity contribution in [3.05, 3.63) is 60.3 Å². The van der Waals surface area contributed by atoms with Crippen LogP contribution in [0.3, 0.4) is 0 Å². The van der Waals surface area contributed by atoms with E-state index >= 15 is 0 Å². The lowest BCUT2D eigenvalue weighted by Gasteiger charge is -2.34. The summed E-state index contributed by atoms with van der Waals surface area (Å²) in [5.74, 6) is 2.69. The molecule has 0 spiro atoms. The van der Waals surface area contributed by atoms with E-state index in [2.05, 4.69) is 15.3 Å². The van der Waals surface area contributed by atoms with E-state index in [0.717, 1.165) is 17.1 Å². The van der Waals surface area contributed by atoms with Crippen LogP contribution in [-0.4, -0.2) is 62.6 Å². The Hall–Kier alpha value is -3.37. The summed E-state index contributed by atoms with van der Waals surface area (Å²) in [6, 6.07) is 16.0. The number of aryl methyl sites for hydroxylation is 1. The van der Waals surface area contributed by atoms with E-state index in [1.807, 2.05) is 49.1 Å². The van der Waals surface area contributed by atoms with Gasteiger partial charge in [-0.2, -0.15) is 9.29 Å². The molecule has 2 heterocycles. The van der Waals surface area contributed by atoms with Crippen LogP contribution in [0.25, 0.3) is 0 Å². The van der Waals surface area contributed by atoms with Gasteiger partial charge < -0.3 is 19.7 Å². The van der Waals surface area contributed by atoms with Crippen LogP contribution in [0.2, 0.25) is 0 Å². The number of nitrogens with zero attached hydrogens (tertiary/aromatic N) is 4. The number of aromatic nitrogens is 2. The van der Waals surface area contributed by atoms with Crippen LogP contribution in [0.1, 0.15) is 12.6 Å². The third-order valence-electron chi connectivity index (χ3n) is 5.50. The first kappa shape index (κ1) is 23.8. The highest BCUT2D eigenvalue weighted by Gasteiger charge is 2.29. The quantitative estimate of drug-likeness (QED) is 0.520. The van der Waals surface area contributed by atoms with E-state index in [1.165, 1.54) is 4.31 Å². The van der Waals surface area contributed by atoms with E-state index in [1.54, 1.807) is 31.4 Å². The van der Waals surface area contributed by atoms with Crippen molar-refractivity contribution in [1.29, 1.82) is 0 Å². The second-order valence-electron chi connectivity index (χ2n) is 7.84. The van der Waals surface area contributed by atoms with Gasteiger partial charge in [0.2, 0.25) is 16.0 Å². The van der Waals surface area contributed by atoms with Gasteiger partial charge in [0.25, 0.3) is 0 Å². The fourth-order valence-corrected chi connectivity index (χ4v) is 5.15. The maximum absolute atomic E-state index is 13.1. The molecular formula is C24H29N5O4S. The monoisotopic (exact) mass is 483 g/mol. The van der Waals surface area contributed by atoms with Crippen LogP contribution >= 0.6 is 0 Å². The Morgan fingerprint density at radius 3 is 2.21 bits per heavy atom. The molecule has 1 fully saturated rings. The van der Waals surface area contributed by atoms with Crippen LogP contribution in [0.4, 0.5) is 17.5 Å². The van der Waals surface area contributed by atoms with Gasteiger partial charge in [0.1, 0.15) is 17.3 Å². The Morgan fingerprint density at radius 2 is 1.59 bits per heavy atom. The van der Waals surface area contributed by atoms with Crippen molar-refractivity contribution >= 4 is 27.5 Å². The number of hydrogen-bond acceptors (Lipinski definition) is 8. The number of methoxy groups -OCH3 is 1. The molecule has 0 unspecified atom stereocenters. The lowest BCUT2D eigenvalue weighted by Crippen LogP contribution is -2.49. The van der Waals surface area contributed by atoms with E-state index in [0.29, 0.717) is 50.3 Å². The molecule has 1 aliphatic heterocycles. The molecule has 1 saturated heterocycles. The van der Waals surface area contributed by atoms with Gasteiger partial charge in [-0.3, -0.25) is 0 Å². The van der Waals surface area contributed by atoms with Crippen molar-refractivity contribution < 1.29 is 17.9 Å². The second-order valence-corrected chi connectivity index (χ2v) is 9.78. The van der Waals surface area contributed by atoms with Crippen LogP contribution in [0, 0.1) is 6.92 Å². The fraction of sp³-hybridized carbons (Fsp3) is 0.333. The van der Waals surface area contributed by atoms with Gasteiger partial charge in [0.15, 0.2) is 0 Å². The fourth-order valence-electron chi connectivity index (χ4n) is 3.73. The van der Waals surface area contributed by atoms with Crippen molar-refractivity contribution in [3.63, 3.8) is 0 Å². The summed E-state index contributed by atoms with van der Waals surface area (Å²) < 4.78 is 38.3. The number of anilines is 3.